The van der Waals surface area contributed by atoms with Gasteiger partial charge in [0.1, 0.15) is 17.3 Å². The van der Waals surface area contributed by atoms with E-state index in [1.807, 2.05) is 0 Å². The maximum absolute atomic E-state index is 6.46. The molecule has 3 rings (SSSR count). The Balaban J connectivity index is 2.17. The van der Waals surface area contributed by atoms with Crippen LogP contribution in [-0.2, 0) is 5.54 Å². The van der Waals surface area contributed by atoms with Crippen LogP contribution in [0.25, 0.3) is 11.3 Å². The first kappa shape index (κ1) is 14.6. The molecule has 0 saturated heterocycles. The van der Waals surface area contributed by atoms with Crippen LogP contribution in [0, 0.1) is 6.92 Å². The van der Waals surface area contributed by atoms with Gasteiger partial charge in [0.15, 0.2) is 0 Å². The molecule has 4 heteroatoms. The molecule has 1 aromatic carbocycles. The van der Waals surface area contributed by atoms with Crippen LogP contribution in [0.4, 0.5) is 5.82 Å². The summed E-state index contributed by atoms with van der Waals surface area (Å²) < 4.78 is 3.31. The highest BCUT2D eigenvalue weighted by Crippen LogP contribution is 2.44. The minimum atomic E-state index is -0.0464. The number of nitrogen functional groups attached to an aromatic ring is 1. The lowest BCUT2D eigenvalue weighted by atomic mass is 10.1. The first-order valence-electron chi connectivity index (χ1n) is 7.44. The Labute approximate surface area is 134 Å². The molecule has 112 valence electrons. The van der Waals surface area contributed by atoms with Gasteiger partial charge in [-0.2, -0.15) is 0 Å². The molecule has 1 saturated carbocycles. The van der Waals surface area contributed by atoms with Gasteiger partial charge in [0.05, 0.1) is 0 Å². The van der Waals surface area contributed by atoms with Crippen LogP contribution < -0.4 is 5.73 Å². The Hall–Kier alpha value is -1.29. The summed E-state index contributed by atoms with van der Waals surface area (Å²) >= 11 is 3.60. The third-order valence-corrected chi connectivity index (χ3v) is 4.85. The van der Waals surface area contributed by atoms with Crippen LogP contribution in [-0.4, -0.2) is 9.55 Å². The summed E-state index contributed by atoms with van der Waals surface area (Å²) in [5.41, 5.74) is 9.62. The van der Waals surface area contributed by atoms with Crippen molar-refractivity contribution < 1.29 is 0 Å². The van der Waals surface area contributed by atoms with E-state index in [-0.39, 0.29) is 5.54 Å². The largest absolute Gasteiger partial charge is 0.383 e. The normalized spacial score (nSPS) is 15.5. The summed E-state index contributed by atoms with van der Waals surface area (Å²) in [5.74, 6) is 2.50. The van der Waals surface area contributed by atoms with Gasteiger partial charge in [-0.05, 0) is 52.2 Å². The third-order valence-electron chi connectivity index (χ3n) is 4.00. The lowest BCUT2D eigenvalue weighted by Crippen LogP contribution is -2.25. The van der Waals surface area contributed by atoms with E-state index in [0.717, 1.165) is 27.4 Å². The first-order chi connectivity index (χ1) is 9.79. The summed E-state index contributed by atoms with van der Waals surface area (Å²) in [6, 6.07) is 6.31. The molecular formula is C17H22BrN3. The second kappa shape index (κ2) is 4.87. The van der Waals surface area contributed by atoms with Crippen molar-refractivity contribution in [2.24, 2.45) is 0 Å². The molecule has 0 unspecified atom stereocenters. The fourth-order valence-electron chi connectivity index (χ4n) is 2.72. The van der Waals surface area contributed by atoms with Crippen molar-refractivity contribution in [3.63, 3.8) is 0 Å². The van der Waals surface area contributed by atoms with E-state index in [1.165, 1.54) is 18.4 Å². The lowest BCUT2D eigenvalue weighted by Gasteiger charge is -2.25. The van der Waals surface area contributed by atoms with Crippen LogP contribution in [0.1, 0.15) is 50.9 Å². The van der Waals surface area contributed by atoms with E-state index < -0.39 is 0 Å². The number of hydrogen-bond donors (Lipinski definition) is 1. The van der Waals surface area contributed by atoms with Crippen molar-refractivity contribution in [1.29, 1.82) is 0 Å². The summed E-state index contributed by atoms with van der Waals surface area (Å²) in [4.78, 5) is 4.90. The molecule has 0 spiro atoms. The second-order valence-corrected chi connectivity index (χ2v) is 7.80. The fraction of sp³-hybridized carbons (Fsp3) is 0.471. The van der Waals surface area contributed by atoms with Gasteiger partial charge in [0, 0.05) is 21.5 Å². The number of aryl methyl sites for hydroxylation is 1. The smallest absolute Gasteiger partial charge is 0.132 e. The fourth-order valence-corrected chi connectivity index (χ4v) is 3.10. The molecule has 3 nitrogen and oxygen atoms in total. The van der Waals surface area contributed by atoms with Gasteiger partial charge in [0.2, 0.25) is 0 Å². The van der Waals surface area contributed by atoms with E-state index in [1.54, 1.807) is 0 Å². The van der Waals surface area contributed by atoms with Gasteiger partial charge in [-0.1, -0.05) is 28.1 Å². The zero-order valence-electron chi connectivity index (χ0n) is 13.1. The zero-order valence-corrected chi connectivity index (χ0v) is 14.7. The van der Waals surface area contributed by atoms with Gasteiger partial charge in [-0.15, -0.1) is 0 Å². The summed E-state index contributed by atoms with van der Waals surface area (Å²) in [7, 11) is 0. The highest BCUT2D eigenvalue weighted by Gasteiger charge is 2.34. The SMILES string of the molecule is Cc1ccc(-c2nc(C3CC3)n(C(C)(C)C)c2N)cc1Br. The molecule has 21 heavy (non-hydrogen) atoms. The van der Waals surface area contributed by atoms with Gasteiger partial charge < -0.3 is 10.3 Å². The Kier molecular flexibility index (Phi) is 3.40. The van der Waals surface area contributed by atoms with Crippen LogP contribution in [0.2, 0.25) is 0 Å². The number of nitrogens with two attached hydrogens (primary N) is 1. The highest BCUT2D eigenvalue weighted by atomic mass is 79.9. The number of hydrogen-bond acceptors (Lipinski definition) is 2. The van der Waals surface area contributed by atoms with Crippen molar-refractivity contribution in [1.82, 2.24) is 9.55 Å². The first-order valence-corrected chi connectivity index (χ1v) is 8.23. The maximum Gasteiger partial charge on any atom is 0.132 e. The van der Waals surface area contributed by atoms with Crippen molar-refractivity contribution in [3.05, 3.63) is 34.1 Å². The molecular weight excluding hydrogens is 326 g/mol. The zero-order chi connectivity index (χ0) is 15.4. The van der Waals surface area contributed by atoms with Crippen molar-refractivity contribution in [2.45, 2.75) is 52.0 Å². The van der Waals surface area contributed by atoms with Crippen molar-refractivity contribution in [3.8, 4) is 11.3 Å². The monoisotopic (exact) mass is 347 g/mol. The molecule has 0 aliphatic heterocycles. The van der Waals surface area contributed by atoms with Gasteiger partial charge in [0.25, 0.3) is 0 Å². The predicted octanol–water partition coefficient (Wildman–Crippen LogP) is 4.84. The molecule has 1 heterocycles. The Bertz CT molecular complexity index is 691. The summed E-state index contributed by atoms with van der Waals surface area (Å²) in [6.07, 6.45) is 2.45. The molecule has 0 atom stereocenters. The third kappa shape index (κ3) is 2.61. The quantitative estimate of drug-likeness (QED) is 0.844. The van der Waals surface area contributed by atoms with E-state index in [4.69, 9.17) is 10.7 Å². The van der Waals surface area contributed by atoms with Crippen LogP contribution in [0.3, 0.4) is 0 Å². The van der Waals surface area contributed by atoms with Crippen molar-refractivity contribution in [2.75, 3.05) is 5.73 Å². The van der Waals surface area contributed by atoms with Gasteiger partial charge in [-0.25, -0.2) is 4.98 Å². The Morgan fingerprint density at radius 3 is 2.48 bits per heavy atom. The van der Waals surface area contributed by atoms with E-state index in [0.29, 0.717) is 5.92 Å². The van der Waals surface area contributed by atoms with E-state index in [9.17, 15) is 0 Å². The van der Waals surface area contributed by atoms with E-state index in [2.05, 4.69) is 66.4 Å². The minimum absolute atomic E-state index is 0.0464. The van der Waals surface area contributed by atoms with Crippen LogP contribution in [0.15, 0.2) is 22.7 Å². The van der Waals surface area contributed by atoms with Gasteiger partial charge >= 0.3 is 0 Å². The number of anilines is 1. The number of nitrogens with zero attached hydrogens (tertiary/aromatic N) is 2. The number of imidazole rings is 1. The average molecular weight is 348 g/mol. The number of benzene rings is 1. The molecule has 1 fully saturated rings. The lowest BCUT2D eigenvalue weighted by molar-refractivity contribution is 0.388. The van der Waals surface area contributed by atoms with Crippen molar-refractivity contribution >= 4 is 21.7 Å². The molecule has 2 aromatic rings. The molecule has 1 aromatic heterocycles. The van der Waals surface area contributed by atoms with Gasteiger partial charge in [-0.3, -0.25) is 0 Å². The standard InChI is InChI=1S/C17H22BrN3/c1-10-5-6-12(9-13(10)18)14-15(19)21(17(2,3)4)16(20-14)11-7-8-11/h5-6,9,11H,7-8,19H2,1-4H3. The second-order valence-electron chi connectivity index (χ2n) is 6.95. The molecule has 2 N–H and O–H groups in total. The topological polar surface area (TPSA) is 43.8 Å². The van der Waals surface area contributed by atoms with E-state index >= 15 is 0 Å². The summed E-state index contributed by atoms with van der Waals surface area (Å²) in [6.45, 7) is 8.64. The summed E-state index contributed by atoms with van der Waals surface area (Å²) in [5, 5.41) is 0. The van der Waals surface area contributed by atoms with Crippen LogP contribution >= 0.6 is 15.9 Å². The number of halogens is 1. The maximum atomic E-state index is 6.46. The Morgan fingerprint density at radius 1 is 1.29 bits per heavy atom. The number of rotatable bonds is 2. The molecule has 0 amide bonds. The Morgan fingerprint density at radius 2 is 1.95 bits per heavy atom. The molecule has 1 aliphatic carbocycles. The average Bonchev–Trinajstić information content (AvgIpc) is 3.15. The minimum Gasteiger partial charge on any atom is -0.383 e. The van der Waals surface area contributed by atoms with Crippen LogP contribution in [0.5, 0.6) is 0 Å². The highest BCUT2D eigenvalue weighted by molar-refractivity contribution is 9.10. The molecule has 0 bridgehead atoms. The number of aromatic nitrogens is 2. The molecule has 1 aliphatic rings. The predicted molar refractivity (Wildman–Crippen MR) is 91.5 cm³/mol. The molecule has 0 radical (unpaired) electrons.